The number of aliphatic hydroxyl groups is 1. The summed E-state index contributed by atoms with van der Waals surface area (Å²) in [6.45, 7) is 11.0. The molecule has 2 aromatic rings. The normalized spacial score (nSPS) is 38.7. The summed E-state index contributed by atoms with van der Waals surface area (Å²) in [5, 5.41) is 23.1. The van der Waals surface area contributed by atoms with Crippen molar-refractivity contribution >= 4 is 5.97 Å². The molecule has 254 valence electrons. The van der Waals surface area contributed by atoms with E-state index in [2.05, 4.69) is 60.8 Å². The lowest BCUT2D eigenvalue weighted by molar-refractivity contribution is -0.206. The number of nitrogens with zero attached hydrogens (tertiary/aromatic N) is 3. The van der Waals surface area contributed by atoms with Gasteiger partial charge in [0.2, 0.25) is 0 Å². The van der Waals surface area contributed by atoms with Gasteiger partial charge in [-0.25, -0.2) is 0 Å². The fourth-order valence-electron chi connectivity index (χ4n) is 12.0. The third kappa shape index (κ3) is 4.88. The Bertz CT molecular complexity index is 1410. The van der Waals surface area contributed by atoms with Gasteiger partial charge >= 0.3 is 5.97 Å². The van der Waals surface area contributed by atoms with Gasteiger partial charge in [-0.15, -0.1) is 0 Å². The molecular formula is C40H55N3O4. The van der Waals surface area contributed by atoms with Gasteiger partial charge in [0.25, 0.3) is 0 Å². The molecule has 47 heavy (non-hydrogen) atoms. The van der Waals surface area contributed by atoms with Crippen molar-refractivity contribution in [3.63, 3.8) is 0 Å². The second kappa shape index (κ2) is 12.7. The summed E-state index contributed by atoms with van der Waals surface area (Å²) in [5.74, 6) is 1.08. The predicted octanol–water partition coefficient (Wildman–Crippen LogP) is 7.16. The number of ether oxygens (including phenoxy) is 1. The van der Waals surface area contributed by atoms with E-state index in [-0.39, 0.29) is 36.6 Å². The molecule has 7 rings (SSSR count). The van der Waals surface area contributed by atoms with E-state index in [9.17, 15) is 15.0 Å². The molecule has 2 N–H and O–H groups in total. The van der Waals surface area contributed by atoms with Crippen molar-refractivity contribution in [2.45, 2.75) is 104 Å². The molecule has 4 fully saturated rings. The molecule has 7 heteroatoms. The number of rotatable bonds is 13. The number of carboxylic acids is 1. The number of allylic oxidation sites excluding steroid dienone is 1. The van der Waals surface area contributed by atoms with Crippen molar-refractivity contribution in [3.05, 3.63) is 71.8 Å². The van der Waals surface area contributed by atoms with E-state index in [1.54, 1.807) is 0 Å². The topological polar surface area (TPSA) is 95.8 Å². The van der Waals surface area contributed by atoms with Gasteiger partial charge in [0, 0.05) is 42.9 Å². The summed E-state index contributed by atoms with van der Waals surface area (Å²) in [7, 11) is 0. The van der Waals surface area contributed by atoms with Crippen LogP contribution in [0, 0.1) is 51.8 Å². The number of carboxylic acid groups (broad SMARTS) is 1. The van der Waals surface area contributed by atoms with Crippen molar-refractivity contribution in [3.8, 4) is 0 Å². The third-order valence-electron chi connectivity index (χ3n) is 13.7. The minimum atomic E-state index is -1.09. The number of hydrogen-bond donors (Lipinski definition) is 2. The molecule has 10 atom stereocenters. The van der Waals surface area contributed by atoms with Crippen LogP contribution in [0.3, 0.4) is 0 Å². The molecule has 0 amide bonds. The van der Waals surface area contributed by atoms with Gasteiger partial charge < -0.3 is 14.9 Å². The van der Waals surface area contributed by atoms with Gasteiger partial charge in [0.1, 0.15) is 5.41 Å². The summed E-state index contributed by atoms with van der Waals surface area (Å²) >= 11 is 0. The highest BCUT2D eigenvalue weighted by atomic mass is 16.5. The number of aliphatic hydroxyl groups excluding tert-OH is 1. The summed E-state index contributed by atoms with van der Waals surface area (Å²) in [6.07, 6.45) is 14.0. The quantitative estimate of drug-likeness (QED) is 0.224. The second-order valence-electron chi connectivity index (χ2n) is 16.1. The Morgan fingerprint density at radius 2 is 1.77 bits per heavy atom. The average molecular weight is 642 g/mol. The van der Waals surface area contributed by atoms with E-state index in [4.69, 9.17) is 4.74 Å². The Hall–Kier alpha value is -2.61. The van der Waals surface area contributed by atoms with Crippen LogP contribution in [0.15, 0.2) is 60.4 Å². The molecule has 0 radical (unpaired) electrons. The van der Waals surface area contributed by atoms with E-state index in [0.717, 1.165) is 74.9 Å². The highest BCUT2D eigenvalue weighted by Gasteiger charge is 2.85. The zero-order chi connectivity index (χ0) is 33.0. The summed E-state index contributed by atoms with van der Waals surface area (Å²) in [6, 6.07) is 12.2. The lowest BCUT2D eigenvalue weighted by Gasteiger charge is -2.61. The van der Waals surface area contributed by atoms with E-state index >= 15 is 0 Å². The van der Waals surface area contributed by atoms with Crippen LogP contribution in [0.4, 0.5) is 0 Å². The van der Waals surface area contributed by atoms with Crippen molar-refractivity contribution in [1.82, 2.24) is 14.9 Å². The standard InChI is InChI=1S/C40H55N3O4/c1-5-6-11-28-18-36(47-35(28)24-43(22-30-12-7-9-16-41-30)23-31-13-8-10-17-42-31)39-21-32-27(4)14-15-33(32)38(25-44)20-29(39)19-34(26(2)3)40(38,39)37(45)46/h7-10,12-13,16-17,19,26-29,32-33,35-36,44H,5-6,11,14-15,18,20-25H2,1-4H3,(H,45,46)/t27-,28?,29?,32-,33-,35?,36?,38?,39?,40?/m1/s1. The number of aliphatic carboxylic acids is 1. The molecule has 0 spiro atoms. The number of hydrogen-bond acceptors (Lipinski definition) is 6. The van der Waals surface area contributed by atoms with Gasteiger partial charge in [-0.05, 0) is 91.9 Å². The fourth-order valence-corrected chi connectivity index (χ4v) is 12.0. The van der Waals surface area contributed by atoms with Crippen LogP contribution >= 0.6 is 0 Å². The summed E-state index contributed by atoms with van der Waals surface area (Å²) < 4.78 is 7.43. The maximum Gasteiger partial charge on any atom is 0.315 e. The lowest BCUT2D eigenvalue weighted by atomic mass is 9.41. The molecule has 2 aromatic heterocycles. The summed E-state index contributed by atoms with van der Waals surface area (Å²) in [4.78, 5) is 25.9. The molecule has 4 bridgehead atoms. The van der Waals surface area contributed by atoms with Crippen LogP contribution in [0.1, 0.15) is 90.4 Å². The van der Waals surface area contributed by atoms with Crippen LogP contribution in [0.25, 0.3) is 0 Å². The number of fused-ring (bicyclic) bond motifs is 2. The van der Waals surface area contributed by atoms with Gasteiger partial charge in [-0.1, -0.05) is 70.7 Å². The van der Waals surface area contributed by atoms with Crippen LogP contribution in [0.2, 0.25) is 0 Å². The van der Waals surface area contributed by atoms with Gasteiger partial charge in [0.05, 0.1) is 30.2 Å². The smallest absolute Gasteiger partial charge is 0.315 e. The number of unbranched alkanes of at least 4 members (excludes halogenated alkanes) is 1. The molecule has 3 heterocycles. The molecular weight excluding hydrogens is 586 g/mol. The van der Waals surface area contributed by atoms with Crippen LogP contribution in [-0.4, -0.2) is 56.4 Å². The number of carbonyl (C=O) groups is 1. The SMILES string of the molecule is CCCCC1CC(C23C[C@@H]4[C@H](C)CC[C@H]4C4(CO)CC2C=C(C(C)C)C34C(=O)O)OC1CN(Cc1ccccn1)Cc1ccccn1. The minimum Gasteiger partial charge on any atom is -0.481 e. The fraction of sp³-hybridized carbons (Fsp3) is 0.675. The molecule has 7 nitrogen and oxygen atoms in total. The molecule has 3 saturated carbocycles. The summed E-state index contributed by atoms with van der Waals surface area (Å²) in [5.41, 5.74) is 0.857. The number of pyridine rings is 2. The second-order valence-corrected chi connectivity index (χ2v) is 16.1. The Morgan fingerprint density at radius 1 is 1.06 bits per heavy atom. The highest BCUT2D eigenvalue weighted by molar-refractivity contribution is 5.85. The Kier molecular flexibility index (Phi) is 8.89. The minimum absolute atomic E-state index is 0.0102. The molecule has 1 aliphatic heterocycles. The van der Waals surface area contributed by atoms with Crippen molar-refractivity contribution in [2.24, 2.45) is 51.8 Å². The zero-order valence-electron chi connectivity index (χ0n) is 28.9. The molecule has 1 saturated heterocycles. The van der Waals surface area contributed by atoms with E-state index in [1.165, 1.54) is 0 Å². The van der Waals surface area contributed by atoms with Crippen molar-refractivity contribution < 1.29 is 19.7 Å². The van der Waals surface area contributed by atoms with E-state index in [0.29, 0.717) is 30.8 Å². The lowest BCUT2D eigenvalue weighted by Crippen LogP contribution is -2.65. The van der Waals surface area contributed by atoms with E-state index in [1.807, 2.05) is 36.7 Å². The Labute approximate surface area is 281 Å². The first-order valence-electron chi connectivity index (χ1n) is 18.5. The van der Waals surface area contributed by atoms with E-state index < -0.39 is 22.2 Å². The predicted molar refractivity (Wildman–Crippen MR) is 182 cm³/mol. The van der Waals surface area contributed by atoms with Gasteiger partial charge in [-0.3, -0.25) is 19.7 Å². The van der Waals surface area contributed by atoms with Gasteiger partial charge in [-0.2, -0.15) is 0 Å². The molecule has 5 aliphatic rings. The number of aromatic nitrogens is 2. The first kappa shape index (κ1) is 32.9. The van der Waals surface area contributed by atoms with Crippen LogP contribution in [0.5, 0.6) is 0 Å². The van der Waals surface area contributed by atoms with Crippen molar-refractivity contribution in [1.29, 1.82) is 0 Å². The Balaban J connectivity index is 1.27. The first-order chi connectivity index (χ1) is 22.7. The molecule has 4 aliphatic carbocycles. The molecule has 7 unspecified atom stereocenters. The average Bonchev–Trinajstić information content (AvgIpc) is 3.78. The third-order valence-corrected chi connectivity index (χ3v) is 13.7. The van der Waals surface area contributed by atoms with Gasteiger partial charge in [0.15, 0.2) is 0 Å². The largest absolute Gasteiger partial charge is 0.481 e. The van der Waals surface area contributed by atoms with Crippen molar-refractivity contribution in [2.75, 3.05) is 13.2 Å². The van der Waals surface area contributed by atoms with Crippen LogP contribution < -0.4 is 0 Å². The maximum absolute atomic E-state index is 14.2. The molecule has 0 aromatic carbocycles. The maximum atomic E-state index is 14.2. The Morgan fingerprint density at radius 3 is 2.34 bits per heavy atom. The highest BCUT2D eigenvalue weighted by Crippen LogP contribution is 2.84. The van der Waals surface area contributed by atoms with Crippen LogP contribution in [-0.2, 0) is 22.6 Å². The zero-order valence-corrected chi connectivity index (χ0v) is 28.9. The first-order valence-corrected chi connectivity index (χ1v) is 18.5. The monoisotopic (exact) mass is 641 g/mol.